The molecule has 2 aromatic rings. The van der Waals surface area contributed by atoms with Crippen LogP contribution in [0, 0.1) is 0 Å². The molecule has 1 aromatic heterocycles. The van der Waals surface area contributed by atoms with Crippen molar-refractivity contribution in [2.75, 3.05) is 12.3 Å². The number of anilines is 1. The van der Waals surface area contributed by atoms with Gasteiger partial charge in [0, 0.05) is 12.6 Å². The van der Waals surface area contributed by atoms with Gasteiger partial charge in [-0.05, 0) is 60.1 Å². The second-order valence-corrected chi connectivity index (χ2v) is 10.5. The molecule has 2 bridgehead atoms. The van der Waals surface area contributed by atoms with Crippen LogP contribution in [-0.2, 0) is 28.2 Å². The lowest BCUT2D eigenvalue weighted by Crippen LogP contribution is -2.37. The van der Waals surface area contributed by atoms with E-state index in [1.54, 1.807) is 6.08 Å². The van der Waals surface area contributed by atoms with Crippen molar-refractivity contribution in [3.8, 4) is 11.5 Å². The second kappa shape index (κ2) is 12.9. The third-order valence-corrected chi connectivity index (χ3v) is 7.23. The average molecular weight is 614 g/mol. The highest BCUT2D eigenvalue weighted by atomic mass is 31.1. The van der Waals surface area contributed by atoms with Crippen LogP contribution in [-0.4, -0.2) is 56.4 Å². The molecule has 4 N–H and O–H groups in total. The predicted molar refractivity (Wildman–Crippen MR) is 150 cm³/mol. The van der Waals surface area contributed by atoms with Crippen LogP contribution in [0.5, 0.6) is 11.5 Å². The summed E-state index contributed by atoms with van der Waals surface area (Å²) >= 11 is 0. The quantitative estimate of drug-likeness (QED) is 0.160. The van der Waals surface area contributed by atoms with Crippen molar-refractivity contribution in [2.45, 2.75) is 44.3 Å². The van der Waals surface area contributed by atoms with E-state index in [2.05, 4.69) is 4.98 Å². The molecule has 1 fully saturated rings. The van der Waals surface area contributed by atoms with Crippen molar-refractivity contribution in [1.29, 1.82) is 0 Å². The fraction of sp³-hybridized carbons (Fsp3) is 0.286. The van der Waals surface area contributed by atoms with E-state index in [0.29, 0.717) is 12.2 Å². The number of aliphatic hydroxyl groups is 1. The van der Waals surface area contributed by atoms with Gasteiger partial charge in [0.05, 0.1) is 0 Å². The topological polar surface area (TPSA) is 199 Å². The molecule has 1 aromatic carbocycles. The van der Waals surface area contributed by atoms with Crippen molar-refractivity contribution < 1.29 is 47.6 Å². The molecule has 1 unspecified atom stereocenters. The van der Waals surface area contributed by atoms with Gasteiger partial charge < -0.3 is 39.2 Å². The summed E-state index contributed by atoms with van der Waals surface area (Å²) in [4.78, 5) is 50.6. The van der Waals surface area contributed by atoms with E-state index < -0.39 is 50.4 Å². The molecule has 5 atom stereocenters. The maximum Gasteiger partial charge on any atom is 0.351 e. The summed E-state index contributed by atoms with van der Waals surface area (Å²) in [5.41, 5.74) is 6.24. The number of allylic oxidation sites excluding steroid dienone is 6. The summed E-state index contributed by atoms with van der Waals surface area (Å²) in [6.07, 6.45) is 4.20. The van der Waals surface area contributed by atoms with Crippen LogP contribution in [0.1, 0.15) is 26.0 Å². The van der Waals surface area contributed by atoms with Crippen LogP contribution in [0.25, 0.3) is 0 Å². The van der Waals surface area contributed by atoms with Gasteiger partial charge in [0.2, 0.25) is 0 Å². The van der Waals surface area contributed by atoms with Gasteiger partial charge in [-0.15, -0.1) is 0 Å². The molecule has 1 aliphatic carbocycles. The number of aliphatic hydroxyl groups excluding tert-OH is 1. The lowest BCUT2D eigenvalue weighted by Gasteiger charge is -2.19. The Labute approximate surface area is 245 Å². The third-order valence-electron chi connectivity index (χ3n) is 6.75. The zero-order valence-corrected chi connectivity index (χ0v) is 23.7. The number of hydrogen-bond donors (Lipinski definition) is 3. The highest BCUT2D eigenvalue weighted by Crippen LogP contribution is 2.36. The first-order chi connectivity index (χ1) is 20.6. The molecule has 43 heavy (non-hydrogen) atoms. The molecular formula is C28H28N3O11P. The van der Waals surface area contributed by atoms with Crippen LogP contribution in [0.3, 0.4) is 0 Å². The predicted octanol–water partition coefficient (Wildman–Crippen LogP) is 1.87. The Hall–Kier alpha value is -4.33. The summed E-state index contributed by atoms with van der Waals surface area (Å²) in [7, 11) is -3.49. The van der Waals surface area contributed by atoms with E-state index in [4.69, 9.17) is 29.2 Å². The Kier molecular flexibility index (Phi) is 9.04. The second-order valence-electron chi connectivity index (χ2n) is 9.69. The minimum absolute atomic E-state index is 0.0299. The normalized spacial score (nSPS) is 23.9. The molecular weight excluding hydrogens is 585 g/mol. The Balaban J connectivity index is 1.24. The number of ether oxygens (including phenoxy) is 4. The highest BCUT2D eigenvalue weighted by Gasteiger charge is 2.47. The van der Waals surface area contributed by atoms with Crippen LogP contribution in [0.2, 0.25) is 0 Å². The number of aromatic nitrogens is 2. The number of carbonyl (C=O) groups excluding carboxylic acids is 2. The van der Waals surface area contributed by atoms with E-state index in [0.717, 1.165) is 22.1 Å². The largest absolute Gasteiger partial charge is 0.491 e. The molecule has 0 amide bonds. The monoisotopic (exact) mass is 613 g/mol. The average Bonchev–Trinajstić information content (AvgIpc) is 3.09. The number of fused-ring (bicyclic) bond motifs is 2. The van der Waals surface area contributed by atoms with Gasteiger partial charge in [0.1, 0.15) is 53.6 Å². The number of esters is 2. The van der Waals surface area contributed by atoms with Crippen molar-refractivity contribution in [3.05, 3.63) is 93.8 Å². The molecule has 1 saturated heterocycles. The molecule has 0 saturated carbocycles. The zero-order valence-electron chi connectivity index (χ0n) is 22.7. The first-order valence-electron chi connectivity index (χ1n) is 13.2. The smallest absolute Gasteiger partial charge is 0.351 e. The number of nitrogens with two attached hydrogens (primary N) is 1. The SMILES string of the molecule is CCC1=CC=C2CC(=C1)C=C(C(=O)Oc1ccc(OC[C@H]3O[C@@H](n4ccc(N)nc4=O)[C@H](O)[C@@H]3O[PH](=O)O)cc1)C(=O)O2. The molecule has 226 valence electrons. The van der Waals surface area contributed by atoms with Crippen LogP contribution < -0.4 is 20.9 Å². The van der Waals surface area contributed by atoms with Crippen molar-refractivity contribution in [1.82, 2.24) is 9.55 Å². The fourth-order valence-corrected chi connectivity index (χ4v) is 5.17. The van der Waals surface area contributed by atoms with Gasteiger partial charge in [0.25, 0.3) is 0 Å². The molecule has 5 rings (SSSR count). The van der Waals surface area contributed by atoms with E-state index in [1.807, 2.05) is 19.1 Å². The van der Waals surface area contributed by atoms with Crippen LogP contribution >= 0.6 is 8.25 Å². The van der Waals surface area contributed by atoms with E-state index in [-0.39, 0.29) is 29.5 Å². The number of carbonyl (C=O) groups is 2. The fourth-order valence-electron chi connectivity index (χ4n) is 4.65. The summed E-state index contributed by atoms with van der Waals surface area (Å²) in [5, 5.41) is 10.7. The highest BCUT2D eigenvalue weighted by molar-refractivity contribution is 7.32. The van der Waals surface area contributed by atoms with Crippen LogP contribution in [0.4, 0.5) is 5.82 Å². The van der Waals surface area contributed by atoms with Crippen LogP contribution in [0.15, 0.2) is 88.1 Å². The van der Waals surface area contributed by atoms with Gasteiger partial charge in [-0.1, -0.05) is 19.1 Å². The molecule has 3 heterocycles. The maximum atomic E-state index is 12.9. The first-order valence-corrected chi connectivity index (χ1v) is 14.4. The Morgan fingerprint density at radius 2 is 1.91 bits per heavy atom. The Morgan fingerprint density at radius 3 is 2.60 bits per heavy atom. The number of nitrogens with zero attached hydrogens (tertiary/aromatic N) is 2. The minimum atomic E-state index is -3.49. The molecule has 2 aliphatic heterocycles. The Bertz CT molecular complexity index is 1630. The summed E-state index contributed by atoms with van der Waals surface area (Å²) < 4.78 is 39.6. The zero-order chi connectivity index (χ0) is 30.7. The Morgan fingerprint density at radius 1 is 1.16 bits per heavy atom. The lowest BCUT2D eigenvalue weighted by molar-refractivity contribution is -0.140. The van der Waals surface area contributed by atoms with Crippen molar-refractivity contribution in [2.24, 2.45) is 0 Å². The number of hydrogen-bond acceptors (Lipinski definition) is 12. The maximum absolute atomic E-state index is 12.9. The summed E-state index contributed by atoms with van der Waals surface area (Å²) in [6.45, 7) is 1.75. The van der Waals surface area contributed by atoms with Gasteiger partial charge >= 0.3 is 25.9 Å². The summed E-state index contributed by atoms with van der Waals surface area (Å²) in [6, 6.07) is 7.16. The minimum Gasteiger partial charge on any atom is -0.491 e. The molecule has 0 spiro atoms. The molecule has 15 heteroatoms. The van der Waals surface area contributed by atoms with Gasteiger partial charge in [-0.25, -0.2) is 14.4 Å². The van der Waals surface area contributed by atoms with E-state index in [9.17, 15) is 28.9 Å². The van der Waals surface area contributed by atoms with E-state index in [1.165, 1.54) is 42.6 Å². The third kappa shape index (κ3) is 7.01. The van der Waals surface area contributed by atoms with Crippen molar-refractivity contribution >= 4 is 26.0 Å². The lowest BCUT2D eigenvalue weighted by atomic mass is 10.1. The van der Waals surface area contributed by atoms with Gasteiger partial charge in [0.15, 0.2) is 6.23 Å². The van der Waals surface area contributed by atoms with Gasteiger partial charge in [-0.3, -0.25) is 9.13 Å². The molecule has 0 radical (unpaired) electrons. The van der Waals surface area contributed by atoms with E-state index >= 15 is 0 Å². The number of rotatable bonds is 9. The standard InChI is InChI=1S/C28H28N3O11P/c1-2-15-3-4-19-12-16(11-15)13-20(27(34)40-19)26(33)39-18-7-5-17(6-8-18)38-14-21-24(42-43(36)37)23(32)25(41-21)31-10-9-22(29)30-28(31)35/h3-11,13,21,23-25,32,43H,2,12,14H2,1H3,(H,36,37)(H2,29,30,35)/t21-,23-,24-,25-/m1/s1. The van der Waals surface area contributed by atoms with Gasteiger partial charge in [-0.2, -0.15) is 4.98 Å². The molecule has 3 aliphatic rings. The van der Waals surface area contributed by atoms with Crippen molar-refractivity contribution in [3.63, 3.8) is 0 Å². The number of benzene rings is 1. The molecule has 14 nitrogen and oxygen atoms in total. The number of nitrogen functional groups attached to an aromatic ring is 1. The summed E-state index contributed by atoms with van der Waals surface area (Å²) in [5.74, 6) is -0.888. The first kappa shape index (κ1) is 30.1.